The summed E-state index contributed by atoms with van der Waals surface area (Å²) in [4.78, 5) is 16.0. The molecule has 0 radical (unpaired) electrons. The van der Waals surface area contributed by atoms with Crippen LogP contribution < -0.4 is 0 Å². The van der Waals surface area contributed by atoms with Gasteiger partial charge in [-0.1, -0.05) is 91.0 Å². The van der Waals surface area contributed by atoms with Crippen molar-refractivity contribution in [2.24, 2.45) is 5.92 Å². The number of hydrogen-bond donors (Lipinski definition) is 0. The summed E-state index contributed by atoms with van der Waals surface area (Å²) in [5.41, 5.74) is 4.65. The third-order valence-electron chi connectivity index (χ3n) is 6.34. The van der Waals surface area contributed by atoms with Gasteiger partial charge in [0.2, 0.25) is 0 Å². The molecular formula is C27H25NO. The lowest BCUT2D eigenvalue weighted by Gasteiger charge is -2.52. The zero-order chi connectivity index (χ0) is 19.6. The van der Waals surface area contributed by atoms with E-state index in [2.05, 4.69) is 83.8 Å². The van der Waals surface area contributed by atoms with Crippen molar-refractivity contribution in [3.05, 3.63) is 113 Å². The molecule has 3 aliphatic rings. The molecular weight excluding hydrogens is 354 g/mol. The van der Waals surface area contributed by atoms with Crippen molar-refractivity contribution in [1.82, 2.24) is 4.90 Å². The van der Waals surface area contributed by atoms with Crippen LogP contribution in [0.4, 0.5) is 0 Å². The third kappa shape index (κ3) is 3.45. The van der Waals surface area contributed by atoms with Gasteiger partial charge in [0, 0.05) is 30.1 Å². The van der Waals surface area contributed by atoms with Gasteiger partial charge in [0.25, 0.3) is 0 Å². The topological polar surface area (TPSA) is 20.3 Å². The van der Waals surface area contributed by atoms with Crippen LogP contribution in [0.15, 0.2) is 96.6 Å². The van der Waals surface area contributed by atoms with Crippen molar-refractivity contribution < 1.29 is 4.79 Å². The fourth-order valence-corrected chi connectivity index (χ4v) is 5.05. The predicted molar refractivity (Wildman–Crippen MR) is 117 cm³/mol. The molecule has 3 aromatic rings. The summed E-state index contributed by atoms with van der Waals surface area (Å²) in [5.74, 6) is 0.365. The van der Waals surface area contributed by atoms with Gasteiger partial charge in [-0.15, -0.1) is 0 Å². The van der Waals surface area contributed by atoms with Crippen LogP contribution in [0.25, 0.3) is 6.08 Å². The normalized spacial score (nSPS) is 25.4. The smallest absolute Gasteiger partial charge is 0.165 e. The Morgan fingerprint density at radius 3 is 2.10 bits per heavy atom. The van der Waals surface area contributed by atoms with E-state index in [-0.39, 0.29) is 18.0 Å². The Morgan fingerprint density at radius 2 is 1.41 bits per heavy atom. The van der Waals surface area contributed by atoms with Gasteiger partial charge in [0.1, 0.15) is 0 Å². The Bertz CT molecular complexity index is 1010. The number of Topliss-reactive ketones (excluding diaryl/α,β-unsaturated/α-hetero) is 1. The zero-order valence-corrected chi connectivity index (χ0v) is 16.4. The minimum absolute atomic E-state index is 0.0288. The standard InChI is InChI=1S/C27H25NO/c29-27-23-16-17-25(24(27)18-20-10-4-1-5-11-20)28(19-21-12-6-2-7-13-21)26(23)22-14-8-3-9-15-22/h1-15,18,23,25-26H,16-17,19H2/b24-18+/t23-,25-,26+/m0/s1. The molecule has 3 fully saturated rings. The second kappa shape index (κ2) is 7.81. The predicted octanol–water partition coefficient (Wildman–Crippen LogP) is 5.67. The van der Waals surface area contributed by atoms with Gasteiger partial charge in [0.05, 0.1) is 0 Å². The molecule has 0 N–H and O–H groups in total. The van der Waals surface area contributed by atoms with Crippen molar-refractivity contribution in [3.63, 3.8) is 0 Å². The Morgan fingerprint density at radius 1 is 0.793 bits per heavy atom. The van der Waals surface area contributed by atoms with Gasteiger partial charge in [-0.25, -0.2) is 0 Å². The minimum atomic E-state index is 0.0288. The SMILES string of the molecule is O=C1/C(=C/c2ccccc2)[C@@H]2CC[C@H]1[C@@H](c1ccccc1)N2Cc1ccccc1. The van der Waals surface area contributed by atoms with Crippen LogP contribution in [-0.4, -0.2) is 16.7 Å². The molecule has 2 heteroatoms. The van der Waals surface area contributed by atoms with E-state index in [9.17, 15) is 4.79 Å². The first-order chi connectivity index (χ1) is 14.3. The average Bonchev–Trinajstić information content (AvgIpc) is 2.78. The monoisotopic (exact) mass is 379 g/mol. The Labute approximate surface area is 172 Å². The number of rotatable bonds is 4. The van der Waals surface area contributed by atoms with Crippen molar-refractivity contribution in [2.75, 3.05) is 0 Å². The summed E-state index contributed by atoms with van der Waals surface area (Å²) < 4.78 is 0. The number of carbonyl (C=O) groups excluding carboxylic acids is 1. The fraction of sp³-hybridized carbons (Fsp3) is 0.222. The van der Waals surface area contributed by atoms with Gasteiger partial charge in [-0.05, 0) is 35.6 Å². The Hall–Kier alpha value is -2.97. The van der Waals surface area contributed by atoms with Crippen LogP contribution >= 0.6 is 0 Å². The van der Waals surface area contributed by atoms with E-state index in [4.69, 9.17) is 0 Å². The highest BCUT2D eigenvalue weighted by Crippen LogP contribution is 2.48. The lowest BCUT2D eigenvalue weighted by molar-refractivity contribution is -0.130. The molecule has 6 rings (SSSR count). The lowest BCUT2D eigenvalue weighted by atomic mass is 9.68. The van der Waals surface area contributed by atoms with Crippen LogP contribution in [-0.2, 0) is 11.3 Å². The van der Waals surface area contributed by atoms with Crippen LogP contribution in [0.3, 0.4) is 0 Å². The molecule has 29 heavy (non-hydrogen) atoms. The highest BCUT2D eigenvalue weighted by molar-refractivity contribution is 6.04. The maximum Gasteiger partial charge on any atom is 0.165 e. The van der Waals surface area contributed by atoms with Gasteiger partial charge in [-0.2, -0.15) is 0 Å². The maximum absolute atomic E-state index is 13.5. The first kappa shape index (κ1) is 18.1. The number of piperidine rings is 2. The van der Waals surface area contributed by atoms with Crippen LogP contribution in [0.5, 0.6) is 0 Å². The molecule has 3 atom stereocenters. The van der Waals surface area contributed by atoms with Gasteiger partial charge >= 0.3 is 0 Å². The lowest BCUT2D eigenvalue weighted by Crippen LogP contribution is -2.55. The summed E-state index contributed by atoms with van der Waals surface area (Å²) in [6.07, 6.45) is 4.14. The highest BCUT2D eigenvalue weighted by atomic mass is 16.1. The second-order valence-electron chi connectivity index (χ2n) is 8.09. The van der Waals surface area contributed by atoms with Crippen molar-refractivity contribution in [3.8, 4) is 0 Å². The quantitative estimate of drug-likeness (QED) is 0.544. The molecule has 2 saturated heterocycles. The molecule has 0 unspecified atom stereocenters. The summed E-state index contributed by atoms with van der Waals surface area (Å²) in [6, 6.07) is 31.8. The van der Waals surface area contributed by atoms with E-state index in [1.165, 1.54) is 11.1 Å². The molecule has 1 aliphatic carbocycles. The zero-order valence-electron chi connectivity index (χ0n) is 16.4. The van der Waals surface area contributed by atoms with Gasteiger partial charge in [0.15, 0.2) is 5.78 Å². The van der Waals surface area contributed by atoms with E-state index in [0.717, 1.165) is 30.5 Å². The Kier molecular flexibility index (Phi) is 4.87. The van der Waals surface area contributed by atoms with Gasteiger partial charge in [-0.3, -0.25) is 9.69 Å². The van der Waals surface area contributed by atoms with E-state index < -0.39 is 0 Å². The fourth-order valence-electron chi connectivity index (χ4n) is 5.05. The van der Waals surface area contributed by atoms with E-state index in [1.807, 2.05) is 18.2 Å². The first-order valence-electron chi connectivity index (χ1n) is 10.5. The number of nitrogens with zero attached hydrogens (tertiary/aromatic N) is 1. The van der Waals surface area contributed by atoms with Crippen LogP contribution in [0.2, 0.25) is 0 Å². The summed E-state index contributed by atoms with van der Waals surface area (Å²) >= 11 is 0. The van der Waals surface area contributed by atoms with Crippen molar-refractivity contribution in [1.29, 1.82) is 0 Å². The Balaban J connectivity index is 1.57. The van der Waals surface area contributed by atoms with E-state index in [0.29, 0.717) is 5.78 Å². The molecule has 2 nitrogen and oxygen atoms in total. The minimum Gasteiger partial charge on any atom is -0.294 e. The molecule has 0 amide bonds. The average molecular weight is 380 g/mol. The molecule has 1 saturated carbocycles. The number of carbonyl (C=O) groups is 1. The van der Waals surface area contributed by atoms with Crippen LogP contribution in [0.1, 0.15) is 35.6 Å². The summed E-state index contributed by atoms with van der Waals surface area (Å²) in [6.45, 7) is 0.862. The number of hydrogen-bond acceptors (Lipinski definition) is 2. The highest BCUT2D eigenvalue weighted by Gasteiger charge is 2.49. The molecule has 0 spiro atoms. The van der Waals surface area contributed by atoms with Gasteiger partial charge < -0.3 is 0 Å². The third-order valence-corrected chi connectivity index (χ3v) is 6.34. The van der Waals surface area contributed by atoms with Crippen molar-refractivity contribution in [2.45, 2.75) is 31.5 Å². The molecule has 2 heterocycles. The largest absolute Gasteiger partial charge is 0.294 e. The molecule has 2 aliphatic heterocycles. The summed E-state index contributed by atoms with van der Waals surface area (Å²) in [5, 5.41) is 0. The molecule has 0 aromatic heterocycles. The molecule has 2 bridgehead atoms. The molecule has 3 aromatic carbocycles. The van der Waals surface area contributed by atoms with Crippen LogP contribution in [0, 0.1) is 5.92 Å². The second-order valence-corrected chi connectivity index (χ2v) is 8.09. The number of fused-ring (bicyclic) bond motifs is 3. The first-order valence-corrected chi connectivity index (χ1v) is 10.5. The number of benzene rings is 3. The van der Waals surface area contributed by atoms with E-state index in [1.54, 1.807) is 0 Å². The molecule has 144 valence electrons. The number of ketones is 1. The maximum atomic E-state index is 13.5. The van der Waals surface area contributed by atoms with E-state index >= 15 is 0 Å². The summed E-state index contributed by atoms with van der Waals surface area (Å²) in [7, 11) is 0. The van der Waals surface area contributed by atoms with Crippen molar-refractivity contribution >= 4 is 11.9 Å².